The first-order valence-corrected chi connectivity index (χ1v) is 4.13. The van der Waals surface area contributed by atoms with Gasteiger partial charge in [-0.25, -0.2) is 9.59 Å². The van der Waals surface area contributed by atoms with Gasteiger partial charge in [-0.1, -0.05) is 6.92 Å². The highest BCUT2D eigenvalue weighted by Gasteiger charge is 2.33. The fourth-order valence-corrected chi connectivity index (χ4v) is 0.667. The lowest BCUT2D eigenvalue weighted by Gasteiger charge is -2.23. The summed E-state index contributed by atoms with van der Waals surface area (Å²) in [5.41, 5.74) is -1.30. The summed E-state index contributed by atoms with van der Waals surface area (Å²) in [6.45, 7) is 2.86. The largest absolute Gasteiger partial charge is 0.480 e. The molecule has 0 aromatic heterocycles. The van der Waals surface area contributed by atoms with E-state index in [1.54, 1.807) is 6.92 Å². The topological polar surface area (TPSA) is 84.9 Å². The van der Waals surface area contributed by atoms with Crippen LogP contribution in [-0.4, -0.2) is 36.6 Å². The standard InChI is InChI=1S/C8H15NO5/c1-4-8(2,6(10)11)9-7(12)14-5-13-3/h4-5H2,1-3H3,(H,9,12)(H,10,11)/t8-/m0/s1. The van der Waals surface area contributed by atoms with E-state index in [9.17, 15) is 9.59 Å². The van der Waals surface area contributed by atoms with Crippen LogP contribution in [0.1, 0.15) is 20.3 Å². The number of amides is 1. The number of alkyl carbamates (subject to hydrolysis) is 1. The quantitative estimate of drug-likeness (QED) is 0.641. The van der Waals surface area contributed by atoms with Crippen LogP contribution >= 0.6 is 0 Å². The van der Waals surface area contributed by atoms with Gasteiger partial charge in [-0.2, -0.15) is 0 Å². The number of methoxy groups -OCH3 is 1. The Hall–Kier alpha value is -1.30. The molecule has 0 fully saturated rings. The van der Waals surface area contributed by atoms with E-state index in [2.05, 4.69) is 14.8 Å². The van der Waals surface area contributed by atoms with Gasteiger partial charge in [-0.3, -0.25) is 0 Å². The summed E-state index contributed by atoms with van der Waals surface area (Å²) >= 11 is 0. The highest BCUT2D eigenvalue weighted by Crippen LogP contribution is 2.09. The maximum absolute atomic E-state index is 11.0. The molecular formula is C8H15NO5. The number of hydrogen-bond acceptors (Lipinski definition) is 4. The molecule has 0 heterocycles. The Bertz CT molecular complexity index is 218. The lowest BCUT2D eigenvalue weighted by atomic mass is 10.00. The number of carbonyl (C=O) groups is 2. The van der Waals surface area contributed by atoms with E-state index in [0.29, 0.717) is 0 Å². The van der Waals surface area contributed by atoms with E-state index < -0.39 is 17.6 Å². The third kappa shape index (κ3) is 3.61. The predicted molar refractivity (Wildman–Crippen MR) is 47.8 cm³/mol. The number of carboxylic acid groups (broad SMARTS) is 1. The molecule has 0 radical (unpaired) electrons. The fourth-order valence-electron chi connectivity index (χ4n) is 0.667. The number of aliphatic carboxylic acids is 1. The van der Waals surface area contributed by atoms with E-state index in [-0.39, 0.29) is 13.2 Å². The molecule has 0 saturated heterocycles. The zero-order chi connectivity index (χ0) is 11.2. The summed E-state index contributed by atoms with van der Waals surface area (Å²) in [5.74, 6) is -1.10. The van der Waals surface area contributed by atoms with Crippen LogP contribution in [0.15, 0.2) is 0 Å². The molecule has 0 rings (SSSR count). The first-order chi connectivity index (χ1) is 6.46. The van der Waals surface area contributed by atoms with Gasteiger partial charge in [0.2, 0.25) is 0 Å². The Morgan fingerprint density at radius 2 is 2.07 bits per heavy atom. The second-order valence-corrected chi connectivity index (χ2v) is 2.95. The molecule has 0 aromatic carbocycles. The van der Waals surface area contributed by atoms with Crippen molar-refractivity contribution in [3.63, 3.8) is 0 Å². The molecule has 2 N–H and O–H groups in total. The summed E-state index contributed by atoms with van der Waals surface area (Å²) in [7, 11) is 1.36. The fraction of sp³-hybridized carbons (Fsp3) is 0.750. The third-order valence-corrected chi connectivity index (χ3v) is 1.86. The first-order valence-electron chi connectivity index (χ1n) is 4.13. The van der Waals surface area contributed by atoms with Gasteiger partial charge in [-0.05, 0) is 13.3 Å². The van der Waals surface area contributed by atoms with Crippen molar-refractivity contribution >= 4 is 12.1 Å². The van der Waals surface area contributed by atoms with Gasteiger partial charge in [0.25, 0.3) is 0 Å². The SMILES string of the molecule is CC[C@](C)(NC(=O)OCOC)C(=O)O. The minimum absolute atomic E-state index is 0.203. The van der Waals surface area contributed by atoms with E-state index in [1.165, 1.54) is 14.0 Å². The molecule has 14 heavy (non-hydrogen) atoms. The molecule has 0 saturated carbocycles. The lowest BCUT2D eigenvalue weighted by Crippen LogP contribution is -2.51. The maximum atomic E-state index is 11.0. The summed E-state index contributed by atoms with van der Waals surface area (Å²) in [5, 5.41) is 11.0. The van der Waals surface area contributed by atoms with E-state index in [0.717, 1.165) is 0 Å². The van der Waals surface area contributed by atoms with Crippen molar-refractivity contribution in [2.45, 2.75) is 25.8 Å². The monoisotopic (exact) mass is 205 g/mol. The molecule has 0 unspecified atom stereocenters. The van der Waals surface area contributed by atoms with Gasteiger partial charge in [0.1, 0.15) is 5.54 Å². The van der Waals surface area contributed by atoms with Crippen LogP contribution in [0.2, 0.25) is 0 Å². The van der Waals surface area contributed by atoms with Crippen LogP contribution < -0.4 is 5.32 Å². The smallest absolute Gasteiger partial charge is 0.410 e. The van der Waals surface area contributed by atoms with Gasteiger partial charge in [-0.15, -0.1) is 0 Å². The molecule has 0 aliphatic carbocycles. The molecule has 0 spiro atoms. The molecule has 0 bridgehead atoms. The van der Waals surface area contributed by atoms with Crippen molar-refractivity contribution in [1.82, 2.24) is 5.32 Å². The van der Waals surface area contributed by atoms with Crippen LogP contribution in [0.3, 0.4) is 0 Å². The van der Waals surface area contributed by atoms with Gasteiger partial charge >= 0.3 is 12.1 Å². The molecule has 1 atom stereocenters. The lowest BCUT2D eigenvalue weighted by molar-refractivity contribution is -0.144. The predicted octanol–water partition coefficient (Wildman–Crippen LogP) is 0.570. The van der Waals surface area contributed by atoms with Crippen molar-refractivity contribution in [2.75, 3.05) is 13.9 Å². The average molecular weight is 205 g/mol. The molecule has 0 aliphatic rings. The molecule has 82 valence electrons. The van der Waals surface area contributed by atoms with E-state index >= 15 is 0 Å². The van der Waals surface area contributed by atoms with Crippen molar-refractivity contribution in [1.29, 1.82) is 0 Å². The van der Waals surface area contributed by atoms with E-state index in [4.69, 9.17) is 5.11 Å². The summed E-state index contributed by atoms with van der Waals surface area (Å²) in [6.07, 6.45) is -0.539. The number of ether oxygens (including phenoxy) is 2. The summed E-state index contributed by atoms with van der Waals surface area (Å²) < 4.78 is 8.99. The van der Waals surface area contributed by atoms with Gasteiger partial charge in [0.05, 0.1) is 0 Å². The number of carbonyl (C=O) groups excluding carboxylic acids is 1. The minimum atomic E-state index is -1.30. The Labute approximate surface area is 82.2 Å². The average Bonchev–Trinajstić information content (AvgIpc) is 2.14. The number of rotatable bonds is 5. The van der Waals surface area contributed by atoms with Gasteiger partial charge < -0.3 is 19.9 Å². The Morgan fingerprint density at radius 3 is 2.43 bits per heavy atom. The minimum Gasteiger partial charge on any atom is -0.480 e. The van der Waals surface area contributed by atoms with Crippen molar-refractivity contribution in [3.05, 3.63) is 0 Å². The van der Waals surface area contributed by atoms with Crippen LogP contribution in [-0.2, 0) is 14.3 Å². The number of carboxylic acids is 1. The van der Waals surface area contributed by atoms with Crippen molar-refractivity contribution in [2.24, 2.45) is 0 Å². The Morgan fingerprint density at radius 1 is 1.50 bits per heavy atom. The third-order valence-electron chi connectivity index (χ3n) is 1.86. The summed E-state index contributed by atoms with van der Waals surface area (Å²) in [4.78, 5) is 21.8. The summed E-state index contributed by atoms with van der Waals surface area (Å²) in [6, 6.07) is 0. The molecular weight excluding hydrogens is 190 g/mol. The normalized spacial score (nSPS) is 14.2. The first kappa shape index (κ1) is 12.7. The van der Waals surface area contributed by atoms with Crippen molar-refractivity contribution < 1.29 is 24.2 Å². The molecule has 0 aromatic rings. The Kier molecular flexibility index (Phi) is 4.93. The zero-order valence-electron chi connectivity index (χ0n) is 8.49. The highest BCUT2D eigenvalue weighted by atomic mass is 16.7. The van der Waals surface area contributed by atoms with E-state index in [1.807, 2.05) is 0 Å². The van der Waals surface area contributed by atoms with Gasteiger partial charge in [0.15, 0.2) is 6.79 Å². The molecule has 1 amide bonds. The number of hydrogen-bond donors (Lipinski definition) is 2. The maximum Gasteiger partial charge on any atom is 0.410 e. The second kappa shape index (κ2) is 5.43. The number of nitrogens with one attached hydrogen (secondary N) is 1. The van der Waals surface area contributed by atoms with Crippen molar-refractivity contribution in [3.8, 4) is 0 Å². The second-order valence-electron chi connectivity index (χ2n) is 2.95. The molecule has 6 heteroatoms. The Balaban J connectivity index is 4.18. The van der Waals surface area contributed by atoms with Crippen LogP contribution in [0.25, 0.3) is 0 Å². The van der Waals surface area contributed by atoms with Crippen LogP contribution in [0, 0.1) is 0 Å². The highest BCUT2D eigenvalue weighted by molar-refractivity contribution is 5.83. The molecule has 6 nitrogen and oxygen atoms in total. The van der Waals surface area contributed by atoms with Gasteiger partial charge in [0, 0.05) is 7.11 Å². The van der Waals surface area contributed by atoms with Crippen LogP contribution in [0.5, 0.6) is 0 Å². The zero-order valence-corrected chi connectivity index (χ0v) is 8.49. The molecule has 0 aliphatic heterocycles. The van der Waals surface area contributed by atoms with Crippen LogP contribution in [0.4, 0.5) is 4.79 Å².